The van der Waals surface area contributed by atoms with Crippen LogP contribution in [0.3, 0.4) is 0 Å². The van der Waals surface area contributed by atoms with Gasteiger partial charge in [0.2, 0.25) is 0 Å². The molecule has 16 heavy (non-hydrogen) atoms. The van der Waals surface area contributed by atoms with Crippen molar-refractivity contribution in [2.75, 3.05) is 5.75 Å². The van der Waals surface area contributed by atoms with E-state index < -0.39 is 12.2 Å². The van der Waals surface area contributed by atoms with Crippen molar-refractivity contribution in [2.45, 2.75) is 18.6 Å². The number of nitriles is 1. The molecule has 0 saturated heterocycles. The lowest BCUT2D eigenvalue weighted by molar-refractivity contribution is 0.0170. The minimum atomic E-state index is -1.08. The van der Waals surface area contributed by atoms with Crippen molar-refractivity contribution in [2.24, 2.45) is 0 Å². The van der Waals surface area contributed by atoms with Gasteiger partial charge in [0.1, 0.15) is 17.3 Å². The van der Waals surface area contributed by atoms with Gasteiger partial charge in [-0.3, -0.25) is 0 Å². The summed E-state index contributed by atoms with van der Waals surface area (Å²) in [6.07, 6.45) is -0.305. The third-order valence-electron chi connectivity index (χ3n) is 2.11. The molecule has 0 aliphatic heterocycles. The molecule has 6 heteroatoms. The zero-order valence-corrected chi connectivity index (χ0v) is 9.99. The number of hydrogen-bond donors (Lipinski definition) is 3. The van der Waals surface area contributed by atoms with Crippen LogP contribution in [-0.4, -0.2) is 27.1 Å². The van der Waals surface area contributed by atoms with Crippen LogP contribution in [0.15, 0.2) is 12.3 Å². The summed E-state index contributed by atoms with van der Waals surface area (Å²) in [6.45, 7) is 0. The Morgan fingerprint density at radius 3 is 2.81 bits per heavy atom. The molecule has 2 N–H and O–H groups in total. The first-order valence-electron chi connectivity index (χ1n) is 4.62. The van der Waals surface area contributed by atoms with Gasteiger partial charge in [0.15, 0.2) is 0 Å². The first kappa shape index (κ1) is 13.3. The molecule has 0 saturated carbocycles. The molecule has 1 heterocycles. The maximum Gasteiger partial charge on any atom is 0.146 e. The Morgan fingerprint density at radius 1 is 1.56 bits per heavy atom. The van der Waals surface area contributed by atoms with E-state index in [4.69, 9.17) is 16.9 Å². The molecule has 4 nitrogen and oxygen atoms in total. The summed E-state index contributed by atoms with van der Waals surface area (Å²) in [7, 11) is 0. The summed E-state index contributed by atoms with van der Waals surface area (Å²) in [5, 5.41) is 28.1. The summed E-state index contributed by atoms with van der Waals surface area (Å²) in [5.74, 6) is 0.463. The van der Waals surface area contributed by atoms with Crippen LogP contribution in [-0.2, 0) is 0 Å². The molecule has 1 rings (SSSR count). The maximum absolute atomic E-state index is 9.75. The second-order valence-electron chi connectivity index (χ2n) is 3.24. The predicted molar refractivity (Wildman–Crippen MR) is 63.4 cm³/mol. The van der Waals surface area contributed by atoms with Gasteiger partial charge in [0, 0.05) is 11.8 Å². The molecule has 1 aromatic rings. The summed E-state index contributed by atoms with van der Waals surface area (Å²) in [4.78, 5) is 3.77. The van der Waals surface area contributed by atoms with Crippen molar-refractivity contribution in [3.8, 4) is 6.07 Å². The molecule has 0 spiro atoms. The van der Waals surface area contributed by atoms with Gasteiger partial charge in [-0.05, 0) is 18.2 Å². The van der Waals surface area contributed by atoms with Gasteiger partial charge in [-0.25, -0.2) is 4.98 Å². The maximum atomic E-state index is 9.75. The zero-order chi connectivity index (χ0) is 12.1. The van der Waals surface area contributed by atoms with E-state index in [0.717, 1.165) is 0 Å². The van der Waals surface area contributed by atoms with E-state index in [1.807, 2.05) is 6.07 Å². The van der Waals surface area contributed by atoms with Crippen molar-refractivity contribution in [3.63, 3.8) is 0 Å². The highest BCUT2D eigenvalue weighted by Crippen LogP contribution is 2.22. The van der Waals surface area contributed by atoms with E-state index in [1.165, 1.54) is 12.3 Å². The Hall–Kier alpha value is -0.800. The average molecular weight is 259 g/mol. The van der Waals surface area contributed by atoms with Gasteiger partial charge < -0.3 is 10.2 Å². The molecule has 86 valence electrons. The highest BCUT2D eigenvalue weighted by Gasteiger charge is 2.19. The number of hydrogen-bond acceptors (Lipinski definition) is 5. The first-order chi connectivity index (χ1) is 7.60. The average Bonchev–Trinajstić information content (AvgIpc) is 2.29. The van der Waals surface area contributed by atoms with Crippen molar-refractivity contribution >= 4 is 24.2 Å². The van der Waals surface area contributed by atoms with Crippen LogP contribution < -0.4 is 0 Å². The molecule has 0 aromatic carbocycles. The van der Waals surface area contributed by atoms with Crippen LogP contribution in [0.2, 0.25) is 5.15 Å². The molecule has 2 unspecified atom stereocenters. The van der Waals surface area contributed by atoms with Crippen LogP contribution in [0.5, 0.6) is 0 Å². The van der Waals surface area contributed by atoms with E-state index in [0.29, 0.717) is 17.7 Å². The van der Waals surface area contributed by atoms with E-state index in [-0.39, 0.29) is 10.7 Å². The minimum absolute atomic E-state index is 0.0853. The fourth-order valence-electron chi connectivity index (χ4n) is 1.22. The molecule has 0 bridgehead atoms. The fourth-order valence-corrected chi connectivity index (χ4v) is 1.63. The Morgan fingerprint density at radius 2 is 2.25 bits per heavy atom. The molecule has 0 aliphatic rings. The Balaban J connectivity index is 2.92. The van der Waals surface area contributed by atoms with Gasteiger partial charge in [-0.2, -0.15) is 17.9 Å². The number of halogens is 1. The summed E-state index contributed by atoms with van der Waals surface area (Å²) in [6, 6.07) is 3.28. The lowest BCUT2D eigenvalue weighted by atomic mass is 10.0. The van der Waals surface area contributed by atoms with Crippen LogP contribution in [0.25, 0.3) is 0 Å². The van der Waals surface area contributed by atoms with Gasteiger partial charge in [0.25, 0.3) is 0 Å². The van der Waals surface area contributed by atoms with Crippen molar-refractivity contribution in [3.05, 3.63) is 28.5 Å². The molecule has 0 radical (unpaired) electrons. The largest absolute Gasteiger partial charge is 0.390 e. The second kappa shape index (κ2) is 6.06. The molecule has 0 fully saturated rings. The third kappa shape index (κ3) is 3.09. The van der Waals surface area contributed by atoms with Gasteiger partial charge in [0.05, 0.1) is 11.7 Å². The molecule has 0 amide bonds. The van der Waals surface area contributed by atoms with Gasteiger partial charge in [-0.1, -0.05) is 11.6 Å². The monoisotopic (exact) mass is 258 g/mol. The second-order valence-corrected chi connectivity index (χ2v) is 4.05. The Bertz CT molecular complexity index is 408. The van der Waals surface area contributed by atoms with E-state index in [9.17, 15) is 10.2 Å². The lowest BCUT2D eigenvalue weighted by Gasteiger charge is -2.17. The Labute approximate surface area is 104 Å². The fraction of sp³-hybridized carbons (Fsp3) is 0.400. The van der Waals surface area contributed by atoms with Crippen LogP contribution in [0, 0.1) is 11.3 Å². The molecular weight excluding hydrogens is 248 g/mol. The van der Waals surface area contributed by atoms with Crippen molar-refractivity contribution < 1.29 is 10.2 Å². The SMILES string of the molecule is N#Cc1cc(C(O)C(O)CCS)cnc1Cl. The molecule has 2 atom stereocenters. The number of nitrogens with zero attached hydrogens (tertiary/aromatic N) is 2. The minimum Gasteiger partial charge on any atom is -0.390 e. The van der Waals surface area contributed by atoms with Crippen LogP contribution in [0.1, 0.15) is 23.7 Å². The Kier molecular flexibility index (Phi) is 5.03. The first-order valence-corrected chi connectivity index (χ1v) is 5.63. The van der Waals surface area contributed by atoms with Crippen molar-refractivity contribution in [1.29, 1.82) is 5.26 Å². The van der Waals surface area contributed by atoms with E-state index in [1.54, 1.807) is 0 Å². The van der Waals surface area contributed by atoms with E-state index in [2.05, 4.69) is 17.6 Å². The summed E-state index contributed by atoms with van der Waals surface area (Å²) in [5.41, 5.74) is 0.548. The normalized spacial score (nSPS) is 14.2. The molecule has 0 aliphatic carbocycles. The number of pyridine rings is 1. The van der Waals surface area contributed by atoms with Gasteiger partial charge in [-0.15, -0.1) is 0 Å². The number of thiol groups is 1. The highest BCUT2D eigenvalue weighted by molar-refractivity contribution is 7.80. The third-order valence-corrected chi connectivity index (χ3v) is 2.67. The quantitative estimate of drug-likeness (QED) is 0.562. The van der Waals surface area contributed by atoms with Crippen LogP contribution >= 0.6 is 24.2 Å². The number of aromatic nitrogens is 1. The number of rotatable bonds is 4. The smallest absolute Gasteiger partial charge is 0.146 e. The lowest BCUT2D eigenvalue weighted by Crippen LogP contribution is -2.19. The number of aliphatic hydroxyl groups excluding tert-OH is 2. The zero-order valence-electron chi connectivity index (χ0n) is 8.34. The highest BCUT2D eigenvalue weighted by atomic mass is 35.5. The van der Waals surface area contributed by atoms with Gasteiger partial charge >= 0.3 is 0 Å². The predicted octanol–water partition coefficient (Wildman–Crippen LogP) is 1.32. The van der Waals surface area contributed by atoms with E-state index >= 15 is 0 Å². The summed E-state index contributed by atoms with van der Waals surface area (Å²) >= 11 is 9.61. The topological polar surface area (TPSA) is 77.1 Å². The molecular formula is C10H11ClN2O2S. The summed E-state index contributed by atoms with van der Waals surface area (Å²) < 4.78 is 0. The number of aliphatic hydroxyl groups is 2. The van der Waals surface area contributed by atoms with Crippen molar-refractivity contribution in [1.82, 2.24) is 4.98 Å². The van der Waals surface area contributed by atoms with Crippen LogP contribution in [0.4, 0.5) is 0 Å². The standard InChI is InChI=1S/C10H11ClN2O2S/c11-10-6(4-12)3-7(5-13-10)9(15)8(14)1-2-16/h3,5,8-9,14-16H,1-2H2. The molecule has 1 aromatic heterocycles.